The van der Waals surface area contributed by atoms with Crippen LogP contribution in [0.3, 0.4) is 0 Å². The molecule has 1 fully saturated rings. The molecule has 1 aliphatic heterocycles. The monoisotopic (exact) mass is 328 g/mol. The average molecular weight is 328 g/mol. The van der Waals surface area contributed by atoms with E-state index < -0.39 is 0 Å². The van der Waals surface area contributed by atoms with Gasteiger partial charge in [-0.15, -0.1) is 0 Å². The molecule has 0 spiro atoms. The number of piperazine rings is 1. The zero-order chi connectivity index (χ0) is 16.9. The lowest BCUT2D eigenvalue weighted by molar-refractivity contribution is 0.0554. The number of hydrogen-bond donors (Lipinski definition) is 1. The van der Waals surface area contributed by atoms with Crippen molar-refractivity contribution in [2.45, 2.75) is 19.6 Å². The number of imidazole rings is 1. The summed E-state index contributed by atoms with van der Waals surface area (Å²) >= 11 is 0. The first-order valence-electron chi connectivity index (χ1n) is 8.36. The molecule has 1 amide bonds. The molecule has 128 valence electrons. The summed E-state index contributed by atoms with van der Waals surface area (Å²) in [7, 11) is 0. The summed E-state index contributed by atoms with van der Waals surface area (Å²) in [6, 6.07) is 7.79. The Balaban J connectivity index is 1.55. The highest BCUT2D eigenvalue weighted by molar-refractivity contribution is 5.94. The standard InChI is InChI=1S/C18H24N4O2/c1-15(23)12-20-8-10-22(11-9-20)18(24)17-4-2-16(3-5-17)13-21-7-6-19-14-21/h2-7,14-15,23H,8-13H2,1H3. The zero-order valence-electron chi connectivity index (χ0n) is 14.0. The summed E-state index contributed by atoms with van der Waals surface area (Å²) in [6.07, 6.45) is 5.14. The van der Waals surface area contributed by atoms with Gasteiger partial charge in [-0.3, -0.25) is 9.69 Å². The van der Waals surface area contributed by atoms with Crippen molar-refractivity contribution in [3.8, 4) is 0 Å². The van der Waals surface area contributed by atoms with E-state index >= 15 is 0 Å². The number of aromatic nitrogens is 2. The van der Waals surface area contributed by atoms with Crippen molar-refractivity contribution in [2.24, 2.45) is 0 Å². The largest absolute Gasteiger partial charge is 0.392 e. The number of aliphatic hydroxyl groups excluding tert-OH is 1. The predicted octanol–water partition coefficient (Wildman–Crippen LogP) is 1.07. The van der Waals surface area contributed by atoms with Gasteiger partial charge in [-0.05, 0) is 24.6 Å². The Labute approximate surface area is 142 Å². The predicted molar refractivity (Wildman–Crippen MR) is 91.8 cm³/mol. The van der Waals surface area contributed by atoms with Gasteiger partial charge in [0, 0.05) is 57.2 Å². The Morgan fingerprint density at radius 2 is 1.92 bits per heavy atom. The number of rotatable bonds is 5. The third kappa shape index (κ3) is 4.21. The quantitative estimate of drug-likeness (QED) is 0.892. The van der Waals surface area contributed by atoms with Gasteiger partial charge in [0.15, 0.2) is 0 Å². The van der Waals surface area contributed by atoms with Crippen LogP contribution in [0.2, 0.25) is 0 Å². The van der Waals surface area contributed by atoms with Crippen LogP contribution in [-0.2, 0) is 6.54 Å². The Hall–Kier alpha value is -2.18. The van der Waals surface area contributed by atoms with Crippen LogP contribution in [0.4, 0.5) is 0 Å². The Kier molecular flexibility index (Phi) is 5.27. The second kappa shape index (κ2) is 7.59. The van der Waals surface area contributed by atoms with E-state index in [2.05, 4.69) is 9.88 Å². The van der Waals surface area contributed by atoms with E-state index in [1.165, 1.54) is 0 Å². The van der Waals surface area contributed by atoms with Gasteiger partial charge < -0.3 is 14.6 Å². The summed E-state index contributed by atoms with van der Waals surface area (Å²) in [5, 5.41) is 9.45. The minimum absolute atomic E-state index is 0.0841. The molecule has 1 aliphatic rings. The third-order valence-corrected chi connectivity index (χ3v) is 4.31. The molecular formula is C18H24N4O2. The van der Waals surface area contributed by atoms with E-state index in [0.717, 1.165) is 30.8 Å². The van der Waals surface area contributed by atoms with Crippen molar-refractivity contribution in [2.75, 3.05) is 32.7 Å². The summed E-state index contributed by atoms with van der Waals surface area (Å²) in [5.74, 6) is 0.0841. The van der Waals surface area contributed by atoms with E-state index in [1.807, 2.05) is 39.9 Å². The van der Waals surface area contributed by atoms with E-state index in [4.69, 9.17) is 0 Å². The summed E-state index contributed by atoms with van der Waals surface area (Å²) in [5.41, 5.74) is 1.87. The molecule has 6 heteroatoms. The molecule has 2 aromatic rings. The van der Waals surface area contributed by atoms with Crippen molar-refractivity contribution in [3.63, 3.8) is 0 Å². The molecule has 1 N–H and O–H groups in total. The number of hydrogen-bond acceptors (Lipinski definition) is 4. The molecule has 1 saturated heterocycles. The highest BCUT2D eigenvalue weighted by atomic mass is 16.3. The number of β-amino-alcohol motifs (C(OH)–C–C–N with tert-alkyl or cyclic N) is 1. The lowest BCUT2D eigenvalue weighted by Crippen LogP contribution is -2.50. The van der Waals surface area contributed by atoms with Gasteiger partial charge in [-0.25, -0.2) is 4.98 Å². The van der Waals surface area contributed by atoms with Crippen LogP contribution in [0.15, 0.2) is 43.0 Å². The number of nitrogens with zero attached hydrogens (tertiary/aromatic N) is 4. The average Bonchev–Trinajstić information content (AvgIpc) is 3.08. The number of benzene rings is 1. The van der Waals surface area contributed by atoms with Crippen LogP contribution >= 0.6 is 0 Å². The van der Waals surface area contributed by atoms with E-state index in [9.17, 15) is 9.90 Å². The normalized spacial score (nSPS) is 17.0. The molecule has 24 heavy (non-hydrogen) atoms. The Morgan fingerprint density at radius 1 is 1.21 bits per heavy atom. The van der Waals surface area contributed by atoms with Crippen LogP contribution in [0.1, 0.15) is 22.8 Å². The molecule has 1 aromatic carbocycles. The lowest BCUT2D eigenvalue weighted by Gasteiger charge is -2.35. The van der Waals surface area contributed by atoms with Crippen LogP contribution in [0.5, 0.6) is 0 Å². The maximum absolute atomic E-state index is 12.6. The van der Waals surface area contributed by atoms with E-state index in [0.29, 0.717) is 19.6 Å². The van der Waals surface area contributed by atoms with Gasteiger partial charge in [-0.2, -0.15) is 0 Å². The van der Waals surface area contributed by atoms with Gasteiger partial charge in [0.05, 0.1) is 12.4 Å². The molecule has 3 rings (SSSR count). The third-order valence-electron chi connectivity index (χ3n) is 4.31. The molecule has 0 radical (unpaired) electrons. The van der Waals surface area contributed by atoms with Crippen molar-refractivity contribution in [1.29, 1.82) is 0 Å². The van der Waals surface area contributed by atoms with Crippen LogP contribution in [0.25, 0.3) is 0 Å². The summed E-state index contributed by atoms with van der Waals surface area (Å²) in [6.45, 7) is 6.27. The minimum Gasteiger partial charge on any atom is -0.392 e. The van der Waals surface area contributed by atoms with Crippen LogP contribution in [0, 0.1) is 0 Å². The van der Waals surface area contributed by atoms with Crippen molar-refractivity contribution in [3.05, 3.63) is 54.1 Å². The first-order valence-corrected chi connectivity index (χ1v) is 8.36. The Morgan fingerprint density at radius 3 is 2.50 bits per heavy atom. The van der Waals surface area contributed by atoms with Crippen molar-refractivity contribution in [1.82, 2.24) is 19.4 Å². The molecule has 1 atom stereocenters. The smallest absolute Gasteiger partial charge is 0.253 e. The first-order chi connectivity index (χ1) is 11.6. The second-order valence-corrected chi connectivity index (χ2v) is 6.37. The first kappa shape index (κ1) is 16.7. The molecule has 0 bridgehead atoms. The Bertz CT molecular complexity index is 644. The summed E-state index contributed by atoms with van der Waals surface area (Å²) < 4.78 is 2.00. The molecule has 0 saturated carbocycles. The minimum atomic E-state index is -0.324. The van der Waals surface area contributed by atoms with Crippen molar-refractivity contribution >= 4 is 5.91 Å². The highest BCUT2D eigenvalue weighted by Crippen LogP contribution is 2.11. The van der Waals surface area contributed by atoms with Gasteiger partial charge in [0.25, 0.3) is 5.91 Å². The summed E-state index contributed by atoms with van der Waals surface area (Å²) in [4.78, 5) is 20.7. The molecular weight excluding hydrogens is 304 g/mol. The lowest BCUT2D eigenvalue weighted by atomic mass is 10.1. The fourth-order valence-corrected chi connectivity index (χ4v) is 3.03. The van der Waals surface area contributed by atoms with Gasteiger partial charge in [-0.1, -0.05) is 12.1 Å². The highest BCUT2D eigenvalue weighted by Gasteiger charge is 2.22. The SMILES string of the molecule is CC(O)CN1CCN(C(=O)c2ccc(Cn3ccnc3)cc2)CC1. The molecule has 0 aliphatic carbocycles. The number of aliphatic hydroxyl groups is 1. The number of carbonyl (C=O) groups excluding carboxylic acids is 1. The molecule has 1 unspecified atom stereocenters. The van der Waals surface area contributed by atoms with E-state index in [1.54, 1.807) is 19.4 Å². The van der Waals surface area contributed by atoms with Crippen molar-refractivity contribution < 1.29 is 9.90 Å². The number of amides is 1. The van der Waals surface area contributed by atoms with Crippen LogP contribution in [-0.4, -0.2) is 69.2 Å². The maximum Gasteiger partial charge on any atom is 0.253 e. The fourth-order valence-electron chi connectivity index (χ4n) is 3.03. The fraction of sp³-hybridized carbons (Fsp3) is 0.444. The maximum atomic E-state index is 12.6. The van der Waals surface area contributed by atoms with Gasteiger partial charge >= 0.3 is 0 Å². The number of carbonyl (C=O) groups is 1. The zero-order valence-corrected chi connectivity index (χ0v) is 14.0. The van der Waals surface area contributed by atoms with E-state index in [-0.39, 0.29) is 12.0 Å². The van der Waals surface area contributed by atoms with Gasteiger partial charge in [0.1, 0.15) is 0 Å². The molecule has 6 nitrogen and oxygen atoms in total. The molecule has 2 heterocycles. The second-order valence-electron chi connectivity index (χ2n) is 6.37. The molecule has 1 aromatic heterocycles. The van der Waals surface area contributed by atoms with Gasteiger partial charge in [0.2, 0.25) is 0 Å². The topological polar surface area (TPSA) is 61.6 Å². The van der Waals surface area contributed by atoms with Crippen LogP contribution < -0.4 is 0 Å².